The molecule has 0 amide bonds. The first kappa shape index (κ1) is 15.5. The Morgan fingerprint density at radius 3 is 3.10 bits per heavy atom. The smallest absolute Gasteiger partial charge is 0.326 e. The summed E-state index contributed by atoms with van der Waals surface area (Å²) >= 11 is 3.40. The Hall–Kier alpha value is -0.880. The standard InChI is InChI=1S/C14H22BrN3O2/c1-3-20-13(19)14(16-2)7-4-5-11(14)6-8-18-10-12(15)9-17-18/h9-11,16H,3-8H2,1-2H3. The maximum absolute atomic E-state index is 12.3. The van der Waals surface area contributed by atoms with Crippen molar-refractivity contribution in [1.29, 1.82) is 0 Å². The summed E-state index contributed by atoms with van der Waals surface area (Å²) in [6, 6.07) is 0. The second-order valence-electron chi connectivity index (χ2n) is 5.24. The minimum absolute atomic E-state index is 0.105. The summed E-state index contributed by atoms with van der Waals surface area (Å²) in [6.07, 6.45) is 7.64. The number of halogens is 1. The number of aromatic nitrogens is 2. The van der Waals surface area contributed by atoms with Gasteiger partial charge in [0.2, 0.25) is 0 Å². The minimum Gasteiger partial charge on any atom is -0.465 e. The van der Waals surface area contributed by atoms with E-state index in [2.05, 4.69) is 26.3 Å². The lowest BCUT2D eigenvalue weighted by molar-refractivity contribution is -0.153. The SMILES string of the molecule is CCOC(=O)C1(NC)CCCC1CCn1cc(Br)cn1. The molecule has 1 aromatic heterocycles. The van der Waals surface area contributed by atoms with Crippen LogP contribution in [-0.2, 0) is 16.1 Å². The van der Waals surface area contributed by atoms with Gasteiger partial charge in [-0.3, -0.25) is 9.48 Å². The molecular weight excluding hydrogens is 322 g/mol. The third kappa shape index (κ3) is 3.06. The summed E-state index contributed by atoms with van der Waals surface area (Å²) in [5.41, 5.74) is -0.513. The van der Waals surface area contributed by atoms with Gasteiger partial charge in [0.15, 0.2) is 0 Å². The van der Waals surface area contributed by atoms with E-state index in [1.807, 2.05) is 24.9 Å². The van der Waals surface area contributed by atoms with E-state index < -0.39 is 5.54 Å². The van der Waals surface area contributed by atoms with E-state index in [1.165, 1.54) is 0 Å². The van der Waals surface area contributed by atoms with Crippen LogP contribution in [0.2, 0.25) is 0 Å². The maximum atomic E-state index is 12.3. The van der Waals surface area contributed by atoms with E-state index in [0.717, 1.165) is 36.7 Å². The van der Waals surface area contributed by atoms with E-state index in [4.69, 9.17) is 4.74 Å². The molecule has 0 radical (unpaired) electrons. The topological polar surface area (TPSA) is 56.1 Å². The van der Waals surface area contributed by atoms with Crippen molar-refractivity contribution < 1.29 is 9.53 Å². The molecule has 1 aliphatic carbocycles. The number of carbonyl (C=O) groups excluding carboxylic acids is 1. The summed E-state index contributed by atoms with van der Waals surface area (Å²) in [7, 11) is 1.86. The van der Waals surface area contributed by atoms with Crippen LogP contribution in [0.1, 0.15) is 32.6 Å². The number of hydrogen-bond acceptors (Lipinski definition) is 4. The molecule has 2 atom stereocenters. The first-order chi connectivity index (χ1) is 9.62. The number of nitrogens with zero attached hydrogens (tertiary/aromatic N) is 2. The molecule has 0 aliphatic heterocycles. The van der Waals surface area contributed by atoms with Gasteiger partial charge in [-0.15, -0.1) is 0 Å². The van der Waals surface area contributed by atoms with Crippen molar-refractivity contribution in [2.45, 2.75) is 44.7 Å². The fraction of sp³-hybridized carbons (Fsp3) is 0.714. The van der Waals surface area contributed by atoms with E-state index in [1.54, 1.807) is 6.20 Å². The van der Waals surface area contributed by atoms with Crippen molar-refractivity contribution in [2.24, 2.45) is 5.92 Å². The second-order valence-corrected chi connectivity index (χ2v) is 6.16. The highest BCUT2D eigenvalue weighted by atomic mass is 79.9. The van der Waals surface area contributed by atoms with Crippen LogP contribution in [0.5, 0.6) is 0 Å². The first-order valence-corrected chi connectivity index (χ1v) is 7.95. The number of ether oxygens (including phenoxy) is 1. The zero-order valence-corrected chi connectivity index (χ0v) is 13.6. The van der Waals surface area contributed by atoms with Crippen molar-refractivity contribution in [3.8, 4) is 0 Å². The van der Waals surface area contributed by atoms with Gasteiger partial charge in [0.05, 0.1) is 17.3 Å². The molecule has 2 unspecified atom stereocenters. The average molecular weight is 344 g/mol. The lowest BCUT2D eigenvalue weighted by Gasteiger charge is -2.32. The van der Waals surface area contributed by atoms with Crippen molar-refractivity contribution in [3.05, 3.63) is 16.9 Å². The van der Waals surface area contributed by atoms with Gasteiger partial charge in [-0.25, -0.2) is 0 Å². The van der Waals surface area contributed by atoms with E-state index >= 15 is 0 Å². The maximum Gasteiger partial charge on any atom is 0.326 e. The Kier molecular flexibility index (Phi) is 5.21. The highest BCUT2D eigenvalue weighted by Crippen LogP contribution is 2.39. The summed E-state index contributed by atoms with van der Waals surface area (Å²) in [4.78, 5) is 12.3. The summed E-state index contributed by atoms with van der Waals surface area (Å²) in [5.74, 6) is 0.196. The normalized spacial score (nSPS) is 25.9. The summed E-state index contributed by atoms with van der Waals surface area (Å²) in [6.45, 7) is 3.10. The molecule has 112 valence electrons. The Labute approximate surface area is 128 Å². The van der Waals surface area contributed by atoms with Crippen molar-refractivity contribution in [2.75, 3.05) is 13.7 Å². The molecule has 1 saturated carbocycles. The molecule has 1 fully saturated rings. The van der Waals surface area contributed by atoms with E-state index in [9.17, 15) is 4.79 Å². The van der Waals surface area contributed by atoms with Crippen molar-refractivity contribution in [3.63, 3.8) is 0 Å². The third-order valence-corrected chi connectivity index (χ3v) is 4.62. The van der Waals surface area contributed by atoms with Crippen LogP contribution in [0.25, 0.3) is 0 Å². The largest absolute Gasteiger partial charge is 0.465 e. The number of aryl methyl sites for hydroxylation is 1. The van der Waals surface area contributed by atoms with Crippen LogP contribution < -0.4 is 5.32 Å². The number of likely N-dealkylation sites (N-methyl/N-ethyl adjacent to an activating group) is 1. The Balaban J connectivity index is 2.03. The Morgan fingerprint density at radius 1 is 1.70 bits per heavy atom. The molecular formula is C14H22BrN3O2. The van der Waals surface area contributed by atoms with Crippen LogP contribution in [0.3, 0.4) is 0 Å². The second kappa shape index (κ2) is 6.72. The lowest BCUT2D eigenvalue weighted by atomic mass is 9.84. The number of hydrogen-bond donors (Lipinski definition) is 1. The van der Waals surface area contributed by atoms with Gasteiger partial charge < -0.3 is 10.1 Å². The fourth-order valence-electron chi connectivity index (χ4n) is 3.18. The monoisotopic (exact) mass is 343 g/mol. The first-order valence-electron chi connectivity index (χ1n) is 7.16. The Bertz CT molecular complexity index is 463. The van der Waals surface area contributed by atoms with Gasteiger partial charge in [0.1, 0.15) is 5.54 Å². The molecule has 1 N–H and O–H groups in total. The third-order valence-electron chi connectivity index (χ3n) is 4.21. The van der Waals surface area contributed by atoms with Crippen LogP contribution in [0, 0.1) is 5.92 Å². The molecule has 5 nitrogen and oxygen atoms in total. The molecule has 0 bridgehead atoms. The quantitative estimate of drug-likeness (QED) is 0.805. The zero-order valence-electron chi connectivity index (χ0n) is 12.1. The molecule has 1 aliphatic rings. The van der Waals surface area contributed by atoms with Crippen LogP contribution in [-0.4, -0.2) is 34.9 Å². The number of rotatable bonds is 6. The van der Waals surface area contributed by atoms with Crippen LogP contribution in [0.4, 0.5) is 0 Å². The summed E-state index contributed by atoms with van der Waals surface area (Å²) in [5, 5.41) is 7.50. The molecule has 1 heterocycles. The van der Waals surface area contributed by atoms with E-state index in [0.29, 0.717) is 12.5 Å². The Morgan fingerprint density at radius 2 is 2.50 bits per heavy atom. The average Bonchev–Trinajstić information content (AvgIpc) is 3.03. The molecule has 0 spiro atoms. The van der Waals surface area contributed by atoms with E-state index in [-0.39, 0.29) is 5.97 Å². The number of carbonyl (C=O) groups is 1. The zero-order chi connectivity index (χ0) is 14.6. The van der Waals surface area contributed by atoms with Gasteiger partial charge in [-0.2, -0.15) is 5.10 Å². The van der Waals surface area contributed by atoms with Gasteiger partial charge >= 0.3 is 5.97 Å². The minimum atomic E-state index is -0.513. The van der Waals surface area contributed by atoms with Crippen LogP contribution in [0.15, 0.2) is 16.9 Å². The molecule has 6 heteroatoms. The van der Waals surface area contributed by atoms with Crippen molar-refractivity contribution >= 4 is 21.9 Å². The molecule has 20 heavy (non-hydrogen) atoms. The molecule has 0 saturated heterocycles. The predicted octanol–water partition coefficient (Wildman–Crippen LogP) is 2.36. The van der Waals surface area contributed by atoms with Gasteiger partial charge in [-0.05, 0) is 55.1 Å². The highest BCUT2D eigenvalue weighted by Gasteiger charge is 2.48. The number of esters is 1. The van der Waals surface area contributed by atoms with Gasteiger partial charge in [-0.1, -0.05) is 6.42 Å². The van der Waals surface area contributed by atoms with Crippen molar-refractivity contribution in [1.82, 2.24) is 15.1 Å². The van der Waals surface area contributed by atoms with Gasteiger partial charge in [0, 0.05) is 12.7 Å². The molecule has 2 rings (SSSR count). The number of nitrogens with one attached hydrogen (secondary N) is 1. The summed E-state index contributed by atoms with van der Waals surface area (Å²) < 4.78 is 8.17. The highest BCUT2D eigenvalue weighted by molar-refractivity contribution is 9.10. The molecule has 0 aromatic carbocycles. The van der Waals surface area contributed by atoms with Gasteiger partial charge in [0.25, 0.3) is 0 Å². The fourth-order valence-corrected chi connectivity index (χ4v) is 3.51. The lowest BCUT2D eigenvalue weighted by Crippen LogP contribution is -2.54. The predicted molar refractivity (Wildman–Crippen MR) is 80.3 cm³/mol. The molecule has 1 aromatic rings. The van der Waals surface area contributed by atoms with Crippen LogP contribution >= 0.6 is 15.9 Å².